The number of aliphatic carboxylic acids is 1. The van der Waals surface area contributed by atoms with Crippen molar-refractivity contribution in [2.24, 2.45) is 11.8 Å². The van der Waals surface area contributed by atoms with E-state index in [9.17, 15) is 9.59 Å². The lowest BCUT2D eigenvalue weighted by molar-refractivity contribution is -0.139. The van der Waals surface area contributed by atoms with Crippen LogP contribution in [0.25, 0.3) is 0 Å². The highest BCUT2D eigenvalue weighted by atomic mass is 16.4. The minimum atomic E-state index is -0.967. The van der Waals surface area contributed by atoms with E-state index < -0.39 is 12.0 Å². The lowest BCUT2D eigenvalue weighted by Crippen LogP contribution is -2.52. The molecule has 2 unspecified atom stereocenters. The second kappa shape index (κ2) is 8.12. The molecule has 1 saturated carbocycles. The minimum absolute atomic E-state index is 0.167. The van der Waals surface area contributed by atoms with Crippen LogP contribution >= 0.6 is 0 Å². The van der Waals surface area contributed by atoms with Crippen molar-refractivity contribution in [3.63, 3.8) is 0 Å². The highest BCUT2D eigenvalue weighted by Gasteiger charge is 2.29. The molecule has 116 valence electrons. The van der Waals surface area contributed by atoms with Gasteiger partial charge in [-0.2, -0.15) is 0 Å². The summed E-state index contributed by atoms with van der Waals surface area (Å²) in [5.74, 6) is 0.0570. The third-order valence-corrected chi connectivity index (χ3v) is 4.17. The molecule has 3 N–H and O–H groups in total. The first-order valence-corrected chi connectivity index (χ1v) is 7.75. The zero-order chi connectivity index (χ0) is 15.1. The summed E-state index contributed by atoms with van der Waals surface area (Å²) in [7, 11) is 0. The highest BCUT2D eigenvalue weighted by molar-refractivity contribution is 5.82. The van der Waals surface area contributed by atoms with Gasteiger partial charge in [-0.15, -0.1) is 0 Å². The second-order valence-electron chi connectivity index (χ2n) is 6.10. The van der Waals surface area contributed by atoms with Crippen LogP contribution in [0.2, 0.25) is 0 Å². The summed E-state index contributed by atoms with van der Waals surface area (Å²) in [4.78, 5) is 23.0. The van der Waals surface area contributed by atoms with E-state index >= 15 is 0 Å². The first kappa shape index (κ1) is 16.8. The average molecular weight is 284 g/mol. The number of urea groups is 1. The Hall–Kier alpha value is -1.26. The van der Waals surface area contributed by atoms with Crippen LogP contribution in [0.1, 0.15) is 59.3 Å². The quantitative estimate of drug-likeness (QED) is 0.701. The molecule has 2 amide bonds. The maximum absolute atomic E-state index is 12.0. The first-order chi connectivity index (χ1) is 9.45. The molecule has 0 aromatic heterocycles. The number of nitrogens with one attached hydrogen (secondary N) is 2. The van der Waals surface area contributed by atoms with Gasteiger partial charge in [0.25, 0.3) is 0 Å². The van der Waals surface area contributed by atoms with Crippen LogP contribution < -0.4 is 10.6 Å². The highest BCUT2D eigenvalue weighted by Crippen LogP contribution is 2.30. The van der Waals surface area contributed by atoms with Crippen LogP contribution in [0, 0.1) is 11.8 Å². The Morgan fingerprint density at radius 2 is 1.90 bits per heavy atom. The van der Waals surface area contributed by atoms with Gasteiger partial charge in [0, 0.05) is 6.04 Å². The van der Waals surface area contributed by atoms with E-state index in [2.05, 4.69) is 24.5 Å². The second-order valence-corrected chi connectivity index (χ2v) is 6.10. The van der Waals surface area contributed by atoms with Crippen LogP contribution in [-0.2, 0) is 4.79 Å². The average Bonchev–Trinajstić information content (AvgIpc) is 2.38. The predicted molar refractivity (Wildman–Crippen MR) is 78.6 cm³/mol. The molecule has 0 aromatic rings. The molecular formula is C15H28N2O3. The summed E-state index contributed by atoms with van der Waals surface area (Å²) in [5.41, 5.74) is 0. The van der Waals surface area contributed by atoms with Gasteiger partial charge < -0.3 is 15.7 Å². The fourth-order valence-electron chi connectivity index (χ4n) is 3.05. The molecule has 5 nitrogen and oxygen atoms in total. The maximum atomic E-state index is 12.0. The molecular weight excluding hydrogens is 256 g/mol. The molecule has 1 aliphatic rings. The molecule has 1 rings (SSSR count). The van der Waals surface area contributed by atoms with E-state index in [1.165, 1.54) is 6.42 Å². The van der Waals surface area contributed by atoms with Gasteiger partial charge in [0.1, 0.15) is 6.04 Å². The Balaban J connectivity index is 2.52. The van der Waals surface area contributed by atoms with Gasteiger partial charge in [-0.25, -0.2) is 9.59 Å². The molecule has 5 heteroatoms. The zero-order valence-electron chi connectivity index (χ0n) is 12.8. The summed E-state index contributed by atoms with van der Waals surface area (Å²) in [6.45, 7) is 6.27. The summed E-state index contributed by atoms with van der Waals surface area (Å²) >= 11 is 0. The van der Waals surface area contributed by atoms with Gasteiger partial charge >= 0.3 is 12.0 Å². The molecule has 0 aromatic carbocycles. The topological polar surface area (TPSA) is 78.4 Å². The van der Waals surface area contributed by atoms with Crippen LogP contribution in [0.4, 0.5) is 4.79 Å². The van der Waals surface area contributed by atoms with Crippen molar-refractivity contribution in [3.8, 4) is 0 Å². The summed E-state index contributed by atoms with van der Waals surface area (Å²) < 4.78 is 0. The van der Waals surface area contributed by atoms with E-state index in [1.54, 1.807) is 0 Å². The number of carboxylic acids is 1. The number of rotatable bonds is 6. The number of carboxylic acid groups (broad SMARTS) is 1. The number of hydrogen-bond acceptors (Lipinski definition) is 2. The Morgan fingerprint density at radius 3 is 2.45 bits per heavy atom. The van der Waals surface area contributed by atoms with E-state index in [0.717, 1.165) is 25.7 Å². The van der Waals surface area contributed by atoms with Crippen molar-refractivity contribution in [1.29, 1.82) is 0 Å². The van der Waals surface area contributed by atoms with Gasteiger partial charge in [0.2, 0.25) is 0 Å². The number of carbonyl (C=O) groups is 2. The largest absolute Gasteiger partial charge is 0.480 e. The third kappa shape index (κ3) is 5.02. The number of amides is 2. The van der Waals surface area contributed by atoms with Crippen LogP contribution in [0.3, 0.4) is 0 Å². The van der Waals surface area contributed by atoms with E-state index in [4.69, 9.17) is 5.11 Å². The van der Waals surface area contributed by atoms with Crippen molar-refractivity contribution < 1.29 is 14.7 Å². The maximum Gasteiger partial charge on any atom is 0.326 e. The fraction of sp³-hybridized carbons (Fsp3) is 0.867. The lowest BCUT2D eigenvalue weighted by Gasteiger charge is -2.35. The summed E-state index contributed by atoms with van der Waals surface area (Å²) in [6, 6.07) is -0.968. The molecule has 3 atom stereocenters. The van der Waals surface area contributed by atoms with E-state index in [-0.39, 0.29) is 12.1 Å². The Bertz CT molecular complexity index is 331. The van der Waals surface area contributed by atoms with Gasteiger partial charge in [-0.1, -0.05) is 40.0 Å². The van der Waals surface area contributed by atoms with E-state index in [1.807, 2.05) is 6.92 Å². The molecule has 0 radical (unpaired) electrons. The first-order valence-electron chi connectivity index (χ1n) is 7.75. The van der Waals surface area contributed by atoms with Gasteiger partial charge in [0.05, 0.1) is 0 Å². The van der Waals surface area contributed by atoms with Crippen LogP contribution in [0.15, 0.2) is 0 Å². The molecule has 20 heavy (non-hydrogen) atoms. The zero-order valence-corrected chi connectivity index (χ0v) is 12.8. The van der Waals surface area contributed by atoms with Crippen molar-refractivity contribution in [1.82, 2.24) is 10.6 Å². The lowest BCUT2D eigenvalue weighted by atomic mass is 9.78. The standard InChI is InChI=1S/C15H28N2O3/c1-4-7-13(14(18)19)17-15(20)16-12-9-6-5-8-11(12)10(2)3/h10-13H,4-9H2,1-3H3,(H,18,19)(H2,16,17,20)/t11?,12?,13-/m1/s1. The molecule has 0 saturated heterocycles. The van der Waals surface area contributed by atoms with Gasteiger partial charge in [-0.05, 0) is 31.1 Å². The molecule has 0 bridgehead atoms. The fourth-order valence-corrected chi connectivity index (χ4v) is 3.05. The van der Waals surface area contributed by atoms with Crippen molar-refractivity contribution in [2.45, 2.75) is 71.4 Å². The summed E-state index contributed by atoms with van der Waals surface area (Å²) in [6.07, 6.45) is 5.67. The normalized spacial score (nSPS) is 24.2. The smallest absolute Gasteiger partial charge is 0.326 e. The summed E-state index contributed by atoms with van der Waals surface area (Å²) in [5, 5.41) is 14.6. The van der Waals surface area contributed by atoms with Crippen molar-refractivity contribution in [2.75, 3.05) is 0 Å². The van der Waals surface area contributed by atoms with Crippen LogP contribution in [-0.4, -0.2) is 29.2 Å². The molecule has 1 aliphatic carbocycles. The SMILES string of the molecule is CCC[C@@H](NC(=O)NC1CCCCC1C(C)C)C(=O)O. The Morgan fingerprint density at radius 1 is 1.25 bits per heavy atom. The monoisotopic (exact) mass is 284 g/mol. The van der Waals surface area contributed by atoms with Crippen LogP contribution in [0.5, 0.6) is 0 Å². The van der Waals surface area contributed by atoms with E-state index in [0.29, 0.717) is 18.3 Å². The van der Waals surface area contributed by atoms with Crippen molar-refractivity contribution in [3.05, 3.63) is 0 Å². The molecule has 0 spiro atoms. The predicted octanol–water partition coefficient (Wildman–Crippen LogP) is 2.75. The minimum Gasteiger partial charge on any atom is -0.480 e. The molecule has 1 fully saturated rings. The molecule has 0 aliphatic heterocycles. The van der Waals surface area contributed by atoms with Gasteiger partial charge in [-0.3, -0.25) is 0 Å². The Labute approximate surface area is 121 Å². The number of carbonyl (C=O) groups excluding carboxylic acids is 1. The number of hydrogen-bond donors (Lipinski definition) is 3. The third-order valence-electron chi connectivity index (χ3n) is 4.17. The Kier molecular flexibility index (Phi) is 6.82. The van der Waals surface area contributed by atoms with Crippen molar-refractivity contribution >= 4 is 12.0 Å². The van der Waals surface area contributed by atoms with Gasteiger partial charge in [0.15, 0.2) is 0 Å². The molecule has 0 heterocycles.